The normalized spacial score (nSPS) is 15.2. The van der Waals surface area contributed by atoms with Crippen LogP contribution in [-0.4, -0.2) is 11.0 Å². The Labute approximate surface area is 129 Å². The number of allylic oxidation sites excluding steroid dienone is 3. The van der Waals surface area contributed by atoms with E-state index in [1.165, 1.54) is 12.2 Å². The van der Waals surface area contributed by atoms with Crippen LogP contribution in [0, 0.1) is 0 Å². The molecule has 7 heteroatoms. The van der Waals surface area contributed by atoms with Gasteiger partial charge in [-0.15, -0.1) is 0 Å². The molecule has 0 aromatic heterocycles. The van der Waals surface area contributed by atoms with Crippen molar-refractivity contribution in [2.75, 3.05) is 5.32 Å². The predicted molar refractivity (Wildman–Crippen MR) is 77.6 cm³/mol. The summed E-state index contributed by atoms with van der Waals surface area (Å²) in [4.78, 5) is 12.1. The average Bonchev–Trinajstić information content (AvgIpc) is 2.42. The van der Waals surface area contributed by atoms with Crippen molar-refractivity contribution in [3.05, 3.63) is 64.4 Å². The molecule has 0 bridgehead atoms. The number of alkyl halides is 3. The molecular weight excluding hydrogens is 319 g/mol. The summed E-state index contributed by atoms with van der Waals surface area (Å²) in [5.41, 5.74) is -0.608. The Hall–Kier alpha value is -2.21. The van der Waals surface area contributed by atoms with Gasteiger partial charge in [-0.25, -0.2) is 0 Å². The number of carbonyl (C=O) groups is 1. The summed E-state index contributed by atoms with van der Waals surface area (Å²) in [5, 5.41) is 11.9. The SMILES string of the molecule is C=C1C=C(C(=O)Nc2cc(C(F)(F)F)ccc2Cl)C(O)=CC1. The van der Waals surface area contributed by atoms with E-state index < -0.39 is 17.6 Å². The minimum absolute atomic E-state index is 0.0416. The Bertz CT molecular complexity index is 705. The Kier molecular flexibility index (Phi) is 4.32. The fourth-order valence-corrected chi connectivity index (χ4v) is 2.01. The third-order valence-electron chi connectivity index (χ3n) is 2.97. The third kappa shape index (κ3) is 3.51. The fraction of sp³-hybridized carbons (Fsp3) is 0.133. The van der Waals surface area contributed by atoms with Crippen molar-refractivity contribution in [3.8, 4) is 0 Å². The van der Waals surface area contributed by atoms with Gasteiger partial charge in [-0.2, -0.15) is 13.2 Å². The lowest BCUT2D eigenvalue weighted by atomic mass is 10.0. The van der Waals surface area contributed by atoms with Crippen LogP contribution < -0.4 is 5.32 Å². The molecule has 0 unspecified atom stereocenters. The van der Waals surface area contributed by atoms with Crippen LogP contribution in [-0.2, 0) is 11.0 Å². The van der Waals surface area contributed by atoms with Gasteiger partial charge in [0.2, 0.25) is 0 Å². The summed E-state index contributed by atoms with van der Waals surface area (Å²) >= 11 is 5.80. The number of rotatable bonds is 2. The summed E-state index contributed by atoms with van der Waals surface area (Å²) in [6.07, 6.45) is -1.39. The van der Waals surface area contributed by atoms with E-state index in [1.54, 1.807) is 0 Å². The van der Waals surface area contributed by atoms with Crippen molar-refractivity contribution in [1.82, 2.24) is 0 Å². The van der Waals surface area contributed by atoms with Crippen LogP contribution in [0.25, 0.3) is 0 Å². The standard InChI is InChI=1S/C15H11ClF3NO2/c1-8-2-5-13(21)10(6-8)14(22)20-12-7-9(15(17,18)19)3-4-11(12)16/h3-7,21H,1-2H2,(H,20,22). The Morgan fingerprint density at radius 3 is 2.68 bits per heavy atom. The van der Waals surface area contributed by atoms with Gasteiger partial charge in [0.15, 0.2) is 0 Å². The maximum Gasteiger partial charge on any atom is 0.416 e. The number of halogens is 4. The number of hydrogen-bond acceptors (Lipinski definition) is 2. The van der Waals surface area contributed by atoms with Gasteiger partial charge < -0.3 is 10.4 Å². The molecule has 1 aliphatic carbocycles. The van der Waals surface area contributed by atoms with E-state index in [2.05, 4.69) is 11.9 Å². The molecule has 0 aliphatic heterocycles. The molecule has 2 N–H and O–H groups in total. The largest absolute Gasteiger partial charge is 0.507 e. The van der Waals surface area contributed by atoms with Gasteiger partial charge in [-0.3, -0.25) is 4.79 Å². The first-order chi connectivity index (χ1) is 10.2. The summed E-state index contributed by atoms with van der Waals surface area (Å²) in [6, 6.07) is 2.60. The molecule has 22 heavy (non-hydrogen) atoms. The van der Waals surface area contributed by atoms with Crippen molar-refractivity contribution < 1.29 is 23.1 Å². The van der Waals surface area contributed by atoms with Crippen molar-refractivity contribution in [2.45, 2.75) is 12.6 Å². The van der Waals surface area contributed by atoms with Gasteiger partial charge >= 0.3 is 6.18 Å². The smallest absolute Gasteiger partial charge is 0.416 e. The van der Waals surface area contributed by atoms with Crippen molar-refractivity contribution in [2.24, 2.45) is 0 Å². The fourth-order valence-electron chi connectivity index (χ4n) is 1.84. The summed E-state index contributed by atoms with van der Waals surface area (Å²) in [7, 11) is 0. The van der Waals surface area contributed by atoms with Gasteiger partial charge in [0, 0.05) is 0 Å². The molecule has 3 nitrogen and oxygen atoms in total. The zero-order valence-electron chi connectivity index (χ0n) is 11.2. The van der Waals surface area contributed by atoms with Crippen molar-refractivity contribution in [3.63, 3.8) is 0 Å². The lowest BCUT2D eigenvalue weighted by Gasteiger charge is -2.15. The minimum atomic E-state index is -4.55. The second kappa shape index (κ2) is 5.88. The van der Waals surface area contributed by atoms with E-state index in [-0.39, 0.29) is 22.0 Å². The number of benzene rings is 1. The quantitative estimate of drug-likeness (QED) is 0.831. The number of hydrogen-bond donors (Lipinski definition) is 2. The molecule has 1 aromatic rings. The number of anilines is 1. The van der Waals surface area contributed by atoms with Crippen LogP contribution in [0.1, 0.15) is 12.0 Å². The van der Waals surface area contributed by atoms with Gasteiger partial charge in [0.25, 0.3) is 5.91 Å². The molecule has 116 valence electrons. The Morgan fingerprint density at radius 1 is 1.36 bits per heavy atom. The van der Waals surface area contributed by atoms with E-state index in [0.29, 0.717) is 12.0 Å². The van der Waals surface area contributed by atoms with Crippen LogP contribution in [0.4, 0.5) is 18.9 Å². The molecule has 0 heterocycles. The van der Waals surface area contributed by atoms with Crippen LogP contribution in [0.15, 0.2) is 53.8 Å². The number of aliphatic hydroxyl groups is 1. The van der Waals surface area contributed by atoms with E-state index >= 15 is 0 Å². The minimum Gasteiger partial charge on any atom is -0.507 e. The highest BCUT2D eigenvalue weighted by Crippen LogP contribution is 2.34. The predicted octanol–water partition coefficient (Wildman–Crippen LogP) is 4.63. The second-order valence-corrected chi connectivity index (χ2v) is 5.06. The van der Waals surface area contributed by atoms with Crippen LogP contribution in [0.3, 0.4) is 0 Å². The molecule has 0 saturated carbocycles. The molecule has 2 rings (SSSR count). The highest BCUT2D eigenvalue weighted by atomic mass is 35.5. The molecule has 1 aliphatic rings. The monoisotopic (exact) mass is 329 g/mol. The first-order valence-electron chi connectivity index (χ1n) is 6.15. The summed E-state index contributed by atoms with van der Waals surface area (Å²) in [6.45, 7) is 3.67. The van der Waals surface area contributed by atoms with E-state index in [9.17, 15) is 23.1 Å². The van der Waals surface area contributed by atoms with Crippen LogP contribution >= 0.6 is 11.6 Å². The average molecular weight is 330 g/mol. The Morgan fingerprint density at radius 2 is 2.05 bits per heavy atom. The maximum absolute atomic E-state index is 12.7. The topological polar surface area (TPSA) is 49.3 Å². The second-order valence-electron chi connectivity index (χ2n) is 4.66. The van der Waals surface area contributed by atoms with Gasteiger partial charge in [-0.1, -0.05) is 23.8 Å². The molecule has 1 amide bonds. The van der Waals surface area contributed by atoms with Crippen LogP contribution in [0.2, 0.25) is 5.02 Å². The first kappa shape index (κ1) is 16.2. The summed E-state index contributed by atoms with van der Waals surface area (Å²) < 4.78 is 38.0. The Balaban J connectivity index is 2.29. The van der Waals surface area contributed by atoms with E-state index in [1.807, 2.05) is 0 Å². The highest BCUT2D eigenvalue weighted by Gasteiger charge is 2.31. The van der Waals surface area contributed by atoms with Gasteiger partial charge in [0.1, 0.15) is 5.76 Å². The molecule has 0 spiro atoms. The number of aliphatic hydroxyl groups excluding tert-OH is 1. The van der Waals surface area contributed by atoms with E-state index in [0.717, 1.165) is 18.2 Å². The van der Waals surface area contributed by atoms with Gasteiger partial charge in [0.05, 0.1) is 21.8 Å². The molecule has 0 atom stereocenters. The van der Waals surface area contributed by atoms with E-state index in [4.69, 9.17) is 11.6 Å². The lowest BCUT2D eigenvalue weighted by Crippen LogP contribution is -2.18. The zero-order valence-corrected chi connectivity index (χ0v) is 11.9. The highest BCUT2D eigenvalue weighted by molar-refractivity contribution is 6.34. The zero-order chi connectivity index (χ0) is 16.5. The molecule has 1 aromatic carbocycles. The number of amides is 1. The summed E-state index contributed by atoms with van der Waals surface area (Å²) in [5.74, 6) is -1.02. The maximum atomic E-state index is 12.7. The number of nitrogens with one attached hydrogen (secondary N) is 1. The van der Waals surface area contributed by atoms with Gasteiger partial charge in [-0.05, 0) is 36.8 Å². The molecule has 0 fully saturated rings. The molecule has 0 saturated heterocycles. The van der Waals surface area contributed by atoms with Crippen molar-refractivity contribution in [1.29, 1.82) is 0 Å². The molecular formula is C15H11ClF3NO2. The first-order valence-corrected chi connectivity index (χ1v) is 6.53. The molecule has 0 radical (unpaired) electrons. The lowest BCUT2D eigenvalue weighted by molar-refractivity contribution is -0.137. The van der Waals surface area contributed by atoms with Crippen LogP contribution in [0.5, 0.6) is 0 Å². The third-order valence-corrected chi connectivity index (χ3v) is 3.30. The van der Waals surface area contributed by atoms with Crippen molar-refractivity contribution >= 4 is 23.2 Å². The number of carbonyl (C=O) groups excluding carboxylic acids is 1.